The molecule has 0 spiro atoms. The molecule has 2 aromatic rings. The third-order valence-corrected chi connectivity index (χ3v) is 6.48. The Bertz CT molecular complexity index is 998. The van der Waals surface area contributed by atoms with Gasteiger partial charge in [-0.2, -0.15) is 5.10 Å². The summed E-state index contributed by atoms with van der Waals surface area (Å²) < 4.78 is 32.1. The second-order valence-electron chi connectivity index (χ2n) is 7.63. The SMILES string of the molecule is CC1(c2ccc3c(c2)OCCc2sc(C(=O)N4CC(F)(F)C4)nc2-3)C=NNC1. The summed E-state index contributed by atoms with van der Waals surface area (Å²) in [7, 11) is 0. The average Bonchev–Trinajstić information content (AvgIpc) is 3.23. The third kappa shape index (κ3) is 2.76. The summed E-state index contributed by atoms with van der Waals surface area (Å²) in [6, 6.07) is 5.98. The van der Waals surface area contributed by atoms with Gasteiger partial charge in [-0.15, -0.1) is 11.3 Å². The van der Waals surface area contributed by atoms with Crippen LogP contribution in [-0.4, -0.2) is 54.2 Å². The summed E-state index contributed by atoms with van der Waals surface area (Å²) in [5.41, 5.74) is 5.39. The Morgan fingerprint density at radius 2 is 2.18 bits per heavy atom. The van der Waals surface area contributed by atoms with Crippen molar-refractivity contribution in [2.45, 2.75) is 24.7 Å². The molecule has 1 atom stereocenters. The lowest BCUT2D eigenvalue weighted by Gasteiger charge is -2.38. The Balaban J connectivity index is 1.48. The molecular formula is C19H18F2N4O2S. The molecule has 146 valence electrons. The third-order valence-electron chi connectivity index (χ3n) is 5.38. The molecule has 1 amide bonds. The van der Waals surface area contributed by atoms with E-state index in [1.165, 1.54) is 11.3 Å². The number of amides is 1. The van der Waals surface area contributed by atoms with Crippen molar-refractivity contribution >= 4 is 23.5 Å². The smallest absolute Gasteiger partial charge is 0.283 e. The molecule has 3 aliphatic rings. The average molecular weight is 404 g/mol. The fourth-order valence-electron chi connectivity index (χ4n) is 3.68. The summed E-state index contributed by atoms with van der Waals surface area (Å²) in [5.74, 6) is -2.49. The standard InChI is InChI=1S/C19H18F2N4O2S/c1-18(7-22-23-8-18)11-2-3-12-13(6-11)27-5-4-14-15(12)24-16(28-14)17(26)25-9-19(20,21)10-25/h2-3,6-7,23H,4-5,8-10H2,1H3. The van der Waals surface area contributed by atoms with Gasteiger partial charge in [0.1, 0.15) is 5.75 Å². The largest absolute Gasteiger partial charge is 0.492 e. The second kappa shape index (κ2) is 5.97. The van der Waals surface area contributed by atoms with Crippen LogP contribution in [0.25, 0.3) is 11.3 Å². The van der Waals surface area contributed by atoms with Crippen molar-refractivity contribution in [2.75, 3.05) is 26.2 Å². The highest BCUT2D eigenvalue weighted by atomic mass is 32.1. The summed E-state index contributed by atoms with van der Waals surface area (Å²) in [6.07, 6.45) is 2.51. The minimum atomic E-state index is -2.78. The van der Waals surface area contributed by atoms with Crippen LogP contribution in [0.5, 0.6) is 5.75 Å². The van der Waals surface area contributed by atoms with E-state index in [0.29, 0.717) is 25.3 Å². The van der Waals surface area contributed by atoms with Crippen LogP contribution in [0.15, 0.2) is 23.3 Å². The summed E-state index contributed by atoms with van der Waals surface area (Å²) >= 11 is 1.27. The molecule has 0 saturated carbocycles. The van der Waals surface area contributed by atoms with Gasteiger partial charge in [-0.1, -0.05) is 6.07 Å². The van der Waals surface area contributed by atoms with Crippen LogP contribution in [0.2, 0.25) is 0 Å². The monoisotopic (exact) mass is 404 g/mol. The van der Waals surface area contributed by atoms with Crippen LogP contribution in [0.4, 0.5) is 8.78 Å². The first-order valence-corrected chi connectivity index (χ1v) is 9.88. The van der Waals surface area contributed by atoms with Crippen molar-refractivity contribution in [1.82, 2.24) is 15.3 Å². The Kier molecular flexibility index (Phi) is 3.74. The van der Waals surface area contributed by atoms with Crippen LogP contribution in [-0.2, 0) is 11.8 Å². The van der Waals surface area contributed by atoms with Crippen LogP contribution in [0.1, 0.15) is 27.2 Å². The molecule has 0 bridgehead atoms. The van der Waals surface area contributed by atoms with Gasteiger partial charge < -0.3 is 15.1 Å². The molecular weight excluding hydrogens is 386 g/mol. The van der Waals surface area contributed by atoms with Gasteiger partial charge in [0.15, 0.2) is 5.01 Å². The molecule has 1 unspecified atom stereocenters. The molecule has 9 heteroatoms. The molecule has 6 nitrogen and oxygen atoms in total. The number of hydrogen-bond acceptors (Lipinski definition) is 6. The molecule has 28 heavy (non-hydrogen) atoms. The van der Waals surface area contributed by atoms with Crippen molar-refractivity contribution in [2.24, 2.45) is 5.10 Å². The lowest BCUT2D eigenvalue weighted by Crippen LogP contribution is -2.58. The number of ether oxygens (including phenoxy) is 1. The molecule has 1 aromatic carbocycles. The number of rotatable bonds is 2. The van der Waals surface area contributed by atoms with Gasteiger partial charge in [-0.25, -0.2) is 13.8 Å². The Hall–Kier alpha value is -2.55. The van der Waals surface area contributed by atoms with Gasteiger partial charge in [0, 0.05) is 35.0 Å². The fourth-order valence-corrected chi connectivity index (χ4v) is 4.71. The van der Waals surface area contributed by atoms with E-state index >= 15 is 0 Å². The van der Waals surface area contributed by atoms with Crippen LogP contribution in [0, 0.1) is 0 Å². The molecule has 1 N–H and O–H groups in total. The highest BCUT2D eigenvalue weighted by Crippen LogP contribution is 2.40. The van der Waals surface area contributed by atoms with Gasteiger partial charge >= 0.3 is 0 Å². The molecule has 3 aliphatic heterocycles. The van der Waals surface area contributed by atoms with E-state index in [4.69, 9.17) is 4.74 Å². The number of halogens is 2. The molecule has 0 aliphatic carbocycles. The van der Waals surface area contributed by atoms with Gasteiger partial charge in [0.2, 0.25) is 0 Å². The predicted molar refractivity (Wildman–Crippen MR) is 101 cm³/mol. The zero-order chi connectivity index (χ0) is 19.5. The normalized spacial score (nSPS) is 24.5. The lowest BCUT2D eigenvalue weighted by molar-refractivity contribution is -0.113. The minimum Gasteiger partial charge on any atom is -0.492 e. The molecule has 5 rings (SSSR count). The number of nitrogens with zero attached hydrogens (tertiary/aromatic N) is 3. The Labute approximate surface area is 164 Å². The number of carbonyl (C=O) groups excluding carboxylic acids is 1. The maximum absolute atomic E-state index is 13.1. The fraction of sp³-hybridized carbons (Fsp3) is 0.421. The number of alkyl halides is 2. The second-order valence-corrected chi connectivity index (χ2v) is 8.71. The highest BCUT2D eigenvalue weighted by Gasteiger charge is 2.47. The Morgan fingerprint density at radius 3 is 2.89 bits per heavy atom. The zero-order valence-corrected chi connectivity index (χ0v) is 16.0. The van der Waals surface area contributed by atoms with Crippen LogP contribution < -0.4 is 10.2 Å². The summed E-state index contributed by atoms with van der Waals surface area (Å²) in [4.78, 5) is 19.1. The van der Waals surface area contributed by atoms with Gasteiger partial charge in [0.05, 0.1) is 25.4 Å². The highest BCUT2D eigenvalue weighted by molar-refractivity contribution is 7.14. The number of nitrogens with one attached hydrogen (secondary N) is 1. The van der Waals surface area contributed by atoms with E-state index in [2.05, 4.69) is 22.4 Å². The van der Waals surface area contributed by atoms with Crippen molar-refractivity contribution in [3.8, 4) is 17.0 Å². The van der Waals surface area contributed by atoms with Crippen molar-refractivity contribution in [3.05, 3.63) is 33.6 Å². The molecule has 1 aromatic heterocycles. The zero-order valence-electron chi connectivity index (χ0n) is 15.2. The molecule has 1 fully saturated rings. The number of carbonyl (C=O) groups is 1. The number of hydrogen-bond donors (Lipinski definition) is 1. The minimum absolute atomic E-state index is 0.209. The van der Waals surface area contributed by atoms with E-state index in [1.807, 2.05) is 24.4 Å². The van der Waals surface area contributed by atoms with Crippen molar-refractivity contribution in [3.63, 3.8) is 0 Å². The molecule has 0 radical (unpaired) electrons. The van der Waals surface area contributed by atoms with Crippen molar-refractivity contribution in [1.29, 1.82) is 0 Å². The predicted octanol–water partition coefficient (Wildman–Crippen LogP) is 2.68. The molecule has 4 heterocycles. The maximum Gasteiger partial charge on any atom is 0.283 e. The van der Waals surface area contributed by atoms with Crippen LogP contribution in [0.3, 0.4) is 0 Å². The number of fused-ring (bicyclic) bond motifs is 3. The van der Waals surface area contributed by atoms with Gasteiger partial charge in [-0.3, -0.25) is 4.79 Å². The number of benzene rings is 1. The van der Waals surface area contributed by atoms with Crippen LogP contribution >= 0.6 is 11.3 Å². The number of thiazole rings is 1. The van der Waals surface area contributed by atoms with E-state index in [0.717, 1.165) is 26.7 Å². The van der Waals surface area contributed by atoms with E-state index < -0.39 is 24.9 Å². The first-order chi connectivity index (χ1) is 13.3. The van der Waals surface area contributed by atoms with E-state index in [-0.39, 0.29) is 10.4 Å². The molecule has 1 saturated heterocycles. The topological polar surface area (TPSA) is 66.8 Å². The number of hydrazone groups is 1. The van der Waals surface area contributed by atoms with E-state index in [9.17, 15) is 13.6 Å². The van der Waals surface area contributed by atoms with Gasteiger partial charge in [0.25, 0.3) is 11.8 Å². The first-order valence-electron chi connectivity index (χ1n) is 9.06. The first kappa shape index (κ1) is 17.5. The maximum atomic E-state index is 13.1. The van der Waals surface area contributed by atoms with Crippen molar-refractivity contribution < 1.29 is 18.3 Å². The quantitative estimate of drug-likeness (QED) is 0.836. The number of likely N-dealkylation sites (tertiary alicyclic amines) is 1. The van der Waals surface area contributed by atoms with E-state index in [1.54, 1.807) is 0 Å². The lowest BCUT2D eigenvalue weighted by atomic mass is 9.83. The van der Waals surface area contributed by atoms with Gasteiger partial charge in [-0.05, 0) is 24.6 Å². The number of aromatic nitrogens is 1. The summed E-state index contributed by atoms with van der Waals surface area (Å²) in [5, 5.41) is 4.38. The Morgan fingerprint density at radius 1 is 1.36 bits per heavy atom. The summed E-state index contributed by atoms with van der Waals surface area (Å²) in [6.45, 7) is 2.22.